The Morgan fingerprint density at radius 1 is 1.37 bits per heavy atom. The van der Waals surface area contributed by atoms with Gasteiger partial charge in [-0.2, -0.15) is 0 Å². The van der Waals surface area contributed by atoms with Crippen LogP contribution in [0.2, 0.25) is 0 Å². The fourth-order valence-electron chi connectivity index (χ4n) is 1.21. The molecule has 8 heteroatoms. The van der Waals surface area contributed by atoms with Gasteiger partial charge in [-0.1, -0.05) is 0 Å². The Morgan fingerprint density at radius 3 is 2.26 bits per heavy atom. The van der Waals surface area contributed by atoms with Gasteiger partial charge in [-0.3, -0.25) is 4.79 Å². The first kappa shape index (κ1) is 15.6. The maximum Gasteiger partial charge on any atom is 0.329 e. The first-order valence-electron chi connectivity index (χ1n) is 5.28. The molecule has 1 N–H and O–H groups in total. The summed E-state index contributed by atoms with van der Waals surface area (Å²) in [5, 5.41) is 10.5. The minimum Gasteiger partial charge on any atom is -0.480 e. The van der Waals surface area contributed by atoms with Gasteiger partial charge in [0, 0.05) is 18.7 Å². The number of carbonyl (C=O) groups excluding carboxylic acids is 1. The first-order valence-corrected chi connectivity index (χ1v) is 8.05. The second-order valence-corrected chi connectivity index (χ2v) is 7.81. The van der Waals surface area contributed by atoms with Crippen LogP contribution in [0.15, 0.2) is 15.7 Å². The summed E-state index contributed by atoms with van der Waals surface area (Å²) in [5.74, 6) is -1.67. The van der Waals surface area contributed by atoms with Crippen LogP contribution in [-0.4, -0.2) is 49.1 Å². The van der Waals surface area contributed by atoms with Crippen LogP contribution in [0.5, 0.6) is 0 Å². The molecule has 0 aliphatic heterocycles. The molecule has 1 amide bonds. The smallest absolute Gasteiger partial charge is 0.329 e. The van der Waals surface area contributed by atoms with Crippen LogP contribution in [0.3, 0.4) is 0 Å². The molecular weight excluding hydrogens is 290 g/mol. The van der Waals surface area contributed by atoms with E-state index in [1.807, 2.05) is 0 Å². The maximum atomic E-state index is 12.1. The van der Waals surface area contributed by atoms with E-state index in [4.69, 9.17) is 5.11 Å². The second-order valence-electron chi connectivity index (χ2n) is 4.65. The summed E-state index contributed by atoms with van der Waals surface area (Å²) in [7, 11) is -1.99. The molecule has 0 aliphatic rings. The largest absolute Gasteiger partial charge is 0.480 e. The molecule has 0 spiro atoms. The fraction of sp³-hybridized carbons (Fsp3) is 0.455. The first-order chi connectivity index (χ1) is 8.48. The lowest BCUT2D eigenvalue weighted by Gasteiger charge is -2.31. The van der Waals surface area contributed by atoms with Crippen LogP contribution in [0.25, 0.3) is 0 Å². The molecule has 0 aromatic carbocycles. The summed E-state index contributed by atoms with van der Waals surface area (Å²) in [4.78, 5) is 24.3. The van der Waals surface area contributed by atoms with Gasteiger partial charge in [0.2, 0.25) is 0 Å². The monoisotopic (exact) mass is 305 g/mol. The molecular formula is C11H15NO5S2. The van der Waals surface area contributed by atoms with Gasteiger partial charge in [-0.25, -0.2) is 13.2 Å². The number of sulfone groups is 1. The Labute approximate surface area is 115 Å². The maximum absolute atomic E-state index is 12.1. The lowest BCUT2D eigenvalue weighted by molar-refractivity contribution is -0.147. The molecule has 1 aromatic heterocycles. The molecule has 0 atom stereocenters. The van der Waals surface area contributed by atoms with Crippen molar-refractivity contribution < 1.29 is 23.1 Å². The number of likely N-dealkylation sites (N-methyl/N-ethyl adjacent to an activating group) is 1. The topological polar surface area (TPSA) is 91.8 Å². The van der Waals surface area contributed by atoms with E-state index >= 15 is 0 Å². The number of hydrogen-bond donors (Lipinski definition) is 1. The van der Waals surface area contributed by atoms with E-state index in [2.05, 4.69) is 0 Å². The van der Waals surface area contributed by atoms with E-state index in [1.54, 1.807) is 0 Å². The third-order valence-corrected chi connectivity index (χ3v) is 5.62. The highest BCUT2D eigenvalue weighted by Gasteiger charge is 2.36. The molecule has 6 nitrogen and oxygen atoms in total. The van der Waals surface area contributed by atoms with E-state index in [-0.39, 0.29) is 9.77 Å². The highest BCUT2D eigenvalue weighted by molar-refractivity contribution is 7.92. The molecule has 0 radical (unpaired) electrons. The number of nitrogens with zero attached hydrogens (tertiary/aromatic N) is 1. The predicted octanol–water partition coefficient (Wildman–Crippen LogP) is 1.09. The Morgan fingerprint density at radius 2 is 1.89 bits per heavy atom. The molecule has 0 fully saturated rings. The molecule has 19 heavy (non-hydrogen) atoms. The van der Waals surface area contributed by atoms with E-state index in [1.165, 1.54) is 32.3 Å². The van der Waals surface area contributed by atoms with Gasteiger partial charge in [-0.15, -0.1) is 11.3 Å². The number of rotatable bonds is 4. The van der Waals surface area contributed by atoms with Gasteiger partial charge in [-0.05, 0) is 19.9 Å². The normalized spacial score (nSPS) is 12.2. The van der Waals surface area contributed by atoms with Crippen molar-refractivity contribution in [1.82, 2.24) is 4.90 Å². The number of carboxylic acid groups (broad SMARTS) is 1. The molecule has 1 heterocycles. The SMILES string of the molecule is CN(C(=O)c1csc(S(C)(=O)=O)c1)C(C)(C)C(=O)O. The van der Waals surface area contributed by atoms with E-state index in [9.17, 15) is 18.0 Å². The van der Waals surface area contributed by atoms with Gasteiger partial charge >= 0.3 is 5.97 Å². The number of carboxylic acids is 1. The Balaban J connectivity index is 3.09. The van der Waals surface area contributed by atoms with Gasteiger partial charge < -0.3 is 10.0 Å². The van der Waals surface area contributed by atoms with Crippen molar-refractivity contribution in [3.05, 3.63) is 17.0 Å². The molecule has 0 bridgehead atoms. The van der Waals surface area contributed by atoms with Gasteiger partial charge in [0.1, 0.15) is 9.75 Å². The number of hydrogen-bond acceptors (Lipinski definition) is 5. The number of amides is 1. The summed E-state index contributed by atoms with van der Waals surface area (Å²) in [5.41, 5.74) is -1.20. The van der Waals surface area contributed by atoms with Crippen LogP contribution < -0.4 is 0 Å². The van der Waals surface area contributed by atoms with Crippen LogP contribution in [-0.2, 0) is 14.6 Å². The predicted molar refractivity (Wildman–Crippen MR) is 71.2 cm³/mol. The standard InChI is InChI=1S/C11H15NO5S2/c1-11(2,10(14)15)12(3)9(13)7-5-8(18-6-7)19(4,16)17/h5-6H,1-4H3,(H,14,15). The summed E-state index contributed by atoms with van der Waals surface area (Å²) >= 11 is 0.938. The fourth-order valence-corrected chi connectivity index (χ4v) is 3.01. The summed E-state index contributed by atoms with van der Waals surface area (Å²) in [6.07, 6.45) is 1.05. The van der Waals surface area contributed by atoms with E-state index < -0.39 is 27.3 Å². The van der Waals surface area contributed by atoms with Crippen LogP contribution in [0, 0.1) is 0 Å². The average Bonchev–Trinajstić information content (AvgIpc) is 2.75. The number of thiophene rings is 1. The van der Waals surface area contributed by atoms with Crippen molar-refractivity contribution in [3.63, 3.8) is 0 Å². The Kier molecular flexibility index (Phi) is 4.06. The summed E-state index contributed by atoms with van der Waals surface area (Å²) in [6, 6.07) is 1.26. The minimum absolute atomic E-state index is 0.0809. The Hall–Kier alpha value is -1.41. The van der Waals surface area contributed by atoms with Crippen molar-refractivity contribution in [2.45, 2.75) is 23.6 Å². The lowest BCUT2D eigenvalue weighted by Crippen LogP contribution is -2.50. The van der Waals surface area contributed by atoms with Crippen molar-refractivity contribution in [2.75, 3.05) is 13.3 Å². The zero-order chi connectivity index (χ0) is 15.0. The molecule has 106 valence electrons. The third kappa shape index (κ3) is 3.13. The third-order valence-electron chi connectivity index (χ3n) is 2.85. The van der Waals surface area contributed by atoms with Gasteiger partial charge in [0.25, 0.3) is 5.91 Å². The molecule has 0 aliphatic carbocycles. The van der Waals surface area contributed by atoms with Crippen LogP contribution in [0.4, 0.5) is 0 Å². The van der Waals surface area contributed by atoms with Crippen LogP contribution in [0.1, 0.15) is 24.2 Å². The zero-order valence-corrected chi connectivity index (χ0v) is 12.6. The quantitative estimate of drug-likeness (QED) is 0.899. The number of carbonyl (C=O) groups is 2. The van der Waals surface area contributed by atoms with E-state index in [0.29, 0.717) is 0 Å². The minimum atomic E-state index is -3.36. The van der Waals surface area contributed by atoms with Crippen LogP contribution >= 0.6 is 11.3 Å². The van der Waals surface area contributed by atoms with Crippen molar-refractivity contribution in [1.29, 1.82) is 0 Å². The Bertz CT molecular complexity index is 615. The second kappa shape index (κ2) is 4.93. The van der Waals surface area contributed by atoms with Gasteiger partial charge in [0.15, 0.2) is 9.84 Å². The van der Waals surface area contributed by atoms with Crippen molar-refractivity contribution in [2.24, 2.45) is 0 Å². The zero-order valence-electron chi connectivity index (χ0n) is 11.0. The molecule has 0 saturated heterocycles. The molecule has 1 rings (SSSR count). The molecule has 0 unspecified atom stereocenters. The lowest BCUT2D eigenvalue weighted by atomic mass is 10.0. The highest BCUT2D eigenvalue weighted by Crippen LogP contribution is 2.23. The van der Waals surface area contributed by atoms with E-state index in [0.717, 1.165) is 22.5 Å². The molecule has 0 saturated carbocycles. The summed E-state index contributed by atoms with van der Waals surface area (Å²) < 4.78 is 22.8. The number of aliphatic carboxylic acids is 1. The highest BCUT2D eigenvalue weighted by atomic mass is 32.2. The van der Waals surface area contributed by atoms with Crippen molar-refractivity contribution in [3.8, 4) is 0 Å². The van der Waals surface area contributed by atoms with Crippen molar-refractivity contribution >= 4 is 33.1 Å². The molecule has 1 aromatic rings. The van der Waals surface area contributed by atoms with Gasteiger partial charge in [0.05, 0.1) is 5.56 Å². The average molecular weight is 305 g/mol. The summed E-state index contributed by atoms with van der Waals surface area (Å²) in [6.45, 7) is 2.80.